The van der Waals surface area contributed by atoms with E-state index in [1.54, 1.807) is 0 Å². The van der Waals surface area contributed by atoms with Crippen LogP contribution in [-0.2, 0) is 5.88 Å². The zero-order valence-electron chi connectivity index (χ0n) is 11.2. The van der Waals surface area contributed by atoms with Gasteiger partial charge in [-0.05, 0) is 38.6 Å². The van der Waals surface area contributed by atoms with E-state index in [0.717, 1.165) is 18.7 Å². The summed E-state index contributed by atoms with van der Waals surface area (Å²) in [5, 5.41) is 0. The molecule has 0 radical (unpaired) electrons. The number of benzene rings is 1. The quantitative estimate of drug-likeness (QED) is 0.762. The summed E-state index contributed by atoms with van der Waals surface area (Å²) in [6.45, 7) is 6.07. The Hall–Kier alpha value is -0.800. The van der Waals surface area contributed by atoms with E-state index >= 15 is 0 Å². The number of hydrogen-bond acceptors (Lipinski definition) is 2. The van der Waals surface area contributed by atoms with Crippen LogP contribution in [0.5, 0.6) is 0 Å². The van der Waals surface area contributed by atoms with Crippen LogP contribution in [0, 0.1) is 5.82 Å². The van der Waals surface area contributed by atoms with Gasteiger partial charge in [-0.25, -0.2) is 4.39 Å². The number of hydrogen-bond donors (Lipinski definition) is 0. The molecule has 1 fully saturated rings. The van der Waals surface area contributed by atoms with Crippen molar-refractivity contribution in [1.29, 1.82) is 0 Å². The van der Waals surface area contributed by atoms with Gasteiger partial charge in [-0.1, -0.05) is 6.07 Å². The molecule has 2 rings (SSSR count). The van der Waals surface area contributed by atoms with Crippen molar-refractivity contribution in [2.45, 2.75) is 31.8 Å². The van der Waals surface area contributed by atoms with Gasteiger partial charge in [0.05, 0.1) is 5.69 Å². The summed E-state index contributed by atoms with van der Waals surface area (Å²) < 4.78 is 14.1. The molecule has 1 aliphatic rings. The molecule has 2 unspecified atom stereocenters. The minimum atomic E-state index is -0.169. The monoisotopic (exact) mass is 270 g/mol. The molecule has 0 amide bonds. The van der Waals surface area contributed by atoms with Crippen LogP contribution in [0.3, 0.4) is 0 Å². The van der Waals surface area contributed by atoms with Gasteiger partial charge in [0, 0.05) is 31.1 Å². The zero-order valence-corrected chi connectivity index (χ0v) is 11.9. The third-order valence-corrected chi connectivity index (χ3v) is 4.18. The largest absolute Gasteiger partial charge is 0.366 e. The van der Waals surface area contributed by atoms with Crippen LogP contribution in [0.4, 0.5) is 10.1 Å². The Kier molecular flexibility index (Phi) is 4.13. The number of likely N-dealkylation sites (N-methyl/N-ethyl adjacent to an activating group) is 1. The van der Waals surface area contributed by atoms with E-state index < -0.39 is 0 Å². The van der Waals surface area contributed by atoms with E-state index in [1.807, 2.05) is 12.1 Å². The van der Waals surface area contributed by atoms with Crippen LogP contribution >= 0.6 is 11.6 Å². The average molecular weight is 271 g/mol. The van der Waals surface area contributed by atoms with Crippen molar-refractivity contribution in [3.8, 4) is 0 Å². The third kappa shape index (κ3) is 2.62. The Balaban J connectivity index is 2.21. The fourth-order valence-electron chi connectivity index (χ4n) is 2.49. The van der Waals surface area contributed by atoms with Crippen LogP contribution in [-0.4, -0.2) is 37.1 Å². The van der Waals surface area contributed by atoms with Crippen LogP contribution in [0.1, 0.15) is 19.4 Å². The lowest BCUT2D eigenvalue weighted by molar-refractivity contribution is 0.169. The first-order valence-corrected chi connectivity index (χ1v) is 6.87. The Morgan fingerprint density at radius 1 is 1.28 bits per heavy atom. The molecule has 1 aliphatic heterocycles. The number of rotatable bonds is 2. The number of anilines is 1. The first kappa shape index (κ1) is 13.6. The summed E-state index contributed by atoms with van der Waals surface area (Å²) >= 11 is 5.72. The highest BCUT2D eigenvalue weighted by atomic mass is 35.5. The molecule has 0 bridgehead atoms. The molecular weight excluding hydrogens is 251 g/mol. The Morgan fingerprint density at radius 3 is 2.39 bits per heavy atom. The maximum absolute atomic E-state index is 14.1. The predicted octanol–water partition coefficient (Wildman–Crippen LogP) is 3.09. The highest BCUT2D eigenvalue weighted by molar-refractivity contribution is 6.17. The smallest absolute Gasteiger partial charge is 0.146 e. The van der Waals surface area contributed by atoms with Crippen LogP contribution in [0.15, 0.2) is 18.2 Å². The molecule has 0 N–H and O–H groups in total. The summed E-state index contributed by atoms with van der Waals surface area (Å²) in [4.78, 5) is 4.46. The molecule has 2 atom stereocenters. The molecule has 4 heteroatoms. The second-order valence-electron chi connectivity index (χ2n) is 5.19. The van der Waals surface area contributed by atoms with Gasteiger partial charge in [-0.3, -0.25) is 4.90 Å². The molecule has 0 spiro atoms. The zero-order chi connectivity index (χ0) is 13.3. The fraction of sp³-hybridized carbons (Fsp3) is 0.571. The van der Waals surface area contributed by atoms with Gasteiger partial charge in [0.25, 0.3) is 0 Å². The van der Waals surface area contributed by atoms with Crippen molar-refractivity contribution in [2.24, 2.45) is 0 Å². The van der Waals surface area contributed by atoms with Crippen molar-refractivity contribution in [1.82, 2.24) is 4.90 Å². The lowest BCUT2D eigenvalue weighted by Gasteiger charge is -2.43. The summed E-state index contributed by atoms with van der Waals surface area (Å²) in [6, 6.07) is 6.15. The number of alkyl halides is 1. The highest BCUT2D eigenvalue weighted by Gasteiger charge is 2.27. The van der Waals surface area contributed by atoms with Gasteiger partial charge in [0.15, 0.2) is 0 Å². The summed E-state index contributed by atoms with van der Waals surface area (Å²) in [5.41, 5.74) is 1.52. The van der Waals surface area contributed by atoms with Crippen LogP contribution in [0.25, 0.3) is 0 Å². The standard InChI is InChI=1S/C14H20ClFN2/c1-10-8-18(9-11(2)17(10)3)14-5-4-12(7-15)6-13(14)16/h4-6,10-11H,7-9H2,1-3H3. The third-order valence-electron chi connectivity index (χ3n) is 3.87. The van der Waals surface area contributed by atoms with Crippen molar-refractivity contribution >= 4 is 17.3 Å². The lowest BCUT2D eigenvalue weighted by atomic mass is 10.1. The minimum absolute atomic E-state index is 0.169. The van der Waals surface area contributed by atoms with E-state index in [2.05, 4.69) is 30.7 Å². The van der Waals surface area contributed by atoms with E-state index in [-0.39, 0.29) is 5.82 Å². The average Bonchev–Trinajstić information content (AvgIpc) is 2.35. The molecule has 0 saturated carbocycles. The molecule has 2 nitrogen and oxygen atoms in total. The highest BCUT2D eigenvalue weighted by Crippen LogP contribution is 2.25. The Morgan fingerprint density at radius 2 is 1.89 bits per heavy atom. The topological polar surface area (TPSA) is 6.48 Å². The van der Waals surface area contributed by atoms with Crippen LogP contribution in [0.2, 0.25) is 0 Å². The normalized spacial score (nSPS) is 25.5. The van der Waals surface area contributed by atoms with E-state index in [1.165, 1.54) is 6.07 Å². The van der Waals surface area contributed by atoms with Gasteiger partial charge >= 0.3 is 0 Å². The van der Waals surface area contributed by atoms with Crippen molar-refractivity contribution in [2.75, 3.05) is 25.0 Å². The summed E-state index contributed by atoms with van der Waals surface area (Å²) in [5.74, 6) is 0.185. The second kappa shape index (κ2) is 5.45. The van der Waals surface area contributed by atoms with Crippen molar-refractivity contribution in [3.05, 3.63) is 29.6 Å². The molecule has 1 aromatic rings. The molecule has 1 aromatic carbocycles. The number of halogens is 2. The molecule has 18 heavy (non-hydrogen) atoms. The van der Waals surface area contributed by atoms with Gasteiger partial charge < -0.3 is 4.90 Å². The molecule has 1 heterocycles. The van der Waals surface area contributed by atoms with E-state index in [9.17, 15) is 4.39 Å². The Labute approximate surface area is 113 Å². The molecule has 1 saturated heterocycles. The second-order valence-corrected chi connectivity index (χ2v) is 5.46. The van der Waals surface area contributed by atoms with E-state index in [4.69, 9.17) is 11.6 Å². The Bertz CT molecular complexity index is 412. The lowest BCUT2D eigenvalue weighted by Crippen LogP contribution is -2.55. The maximum Gasteiger partial charge on any atom is 0.146 e. The minimum Gasteiger partial charge on any atom is -0.366 e. The summed E-state index contributed by atoms with van der Waals surface area (Å²) in [6.07, 6.45) is 0. The molecule has 0 aliphatic carbocycles. The summed E-state index contributed by atoms with van der Waals surface area (Å²) in [7, 11) is 2.12. The fourth-order valence-corrected chi connectivity index (χ4v) is 2.66. The van der Waals surface area contributed by atoms with Gasteiger partial charge in [0.2, 0.25) is 0 Å². The molecular formula is C14H20ClFN2. The SMILES string of the molecule is CC1CN(c2ccc(CCl)cc2F)CC(C)N1C. The first-order valence-electron chi connectivity index (χ1n) is 6.34. The molecule has 0 aromatic heterocycles. The number of piperazine rings is 1. The van der Waals surface area contributed by atoms with Gasteiger partial charge in [0.1, 0.15) is 5.82 Å². The van der Waals surface area contributed by atoms with Crippen LogP contribution < -0.4 is 4.90 Å². The molecule has 100 valence electrons. The van der Waals surface area contributed by atoms with E-state index in [0.29, 0.717) is 23.7 Å². The van der Waals surface area contributed by atoms with Crippen molar-refractivity contribution in [3.63, 3.8) is 0 Å². The number of nitrogens with zero attached hydrogens (tertiary/aromatic N) is 2. The first-order chi connectivity index (χ1) is 8.52. The maximum atomic E-state index is 14.1. The van der Waals surface area contributed by atoms with Gasteiger partial charge in [-0.15, -0.1) is 11.6 Å². The van der Waals surface area contributed by atoms with Crippen molar-refractivity contribution < 1.29 is 4.39 Å². The van der Waals surface area contributed by atoms with Gasteiger partial charge in [-0.2, -0.15) is 0 Å². The predicted molar refractivity (Wildman–Crippen MR) is 74.9 cm³/mol.